The number of anilines is 1. The molecule has 3 N–H and O–H groups in total. The highest BCUT2D eigenvalue weighted by atomic mass is 32.2. The van der Waals surface area contributed by atoms with Crippen molar-refractivity contribution in [2.24, 2.45) is 0 Å². The molecule has 0 radical (unpaired) electrons. The van der Waals surface area contributed by atoms with Gasteiger partial charge in [0.2, 0.25) is 10.0 Å². The molecule has 1 rings (SSSR count). The van der Waals surface area contributed by atoms with E-state index >= 15 is 0 Å². The highest BCUT2D eigenvalue weighted by Gasteiger charge is 2.24. The summed E-state index contributed by atoms with van der Waals surface area (Å²) < 4.78 is 53.2. The van der Waals surface area contributed by atoms with Gasteiger partial charge in [0.05, 0.1) is 0 Å². The molecule has 0 spiro atoms. The molecular formula is C13H21F2N3O2S. The SMILES string of the molecule is CC(C)N(C)CCCNS(=O)(=O)c1c(F)cc(N)cc1F. The van der Waals surface area contributed by atoms with Crippen LogP contribution in [-0.4, -0.2) is 39.5 Å². The zero-order valence-corrected chi connectivity index (χ0v) is 13.2. The average Bonchev–Trinajstić information content (AvgIpc) is 2.32. The molecule has 0 aliphatic rings. The highest BCUT2D eigenvalue weighted by molar-refractivity contribution is 7.89. The maximum atomic E-state index is 13.6. The summed E-state index contributed by atoms with van der Waals surface area (Å²) in [5.74, 6) is -2.39. The summed E-state index contributed by atoms with van der Waals surface area (Å²) in [6.07, 6.45) is 0.534. The van der Waals surface area contributed by atoms with E-state index in [-0.39, 0.29) is 12.2 Å². The molecule has 0 aliphatic heterocycles. The molecule has 0 fully saturated rings. The molecule has 0 unspecified atom stereocenters. The van der Waals surface area contributed by atoms with Crippen molar-refractivity contribution in [3.63, 3.8) is 0 Å². The number of benzene rings is 1. The minimum absolute atomic E-state index is 0.0999. The number of hydrogen-bond donors (Lipinski definition) is 2. The van der Waals surface area contributed by atoms with Gasteiger partial charge in [0.15, 0.2) is 4.90 Å². The molecule has 0 saturated carbocycles. The van der Waals surface area contributed by atoms with Crippen molar-refractivity contribution in [1.82, 2.24) is 9.62 Å². The number of nitrogen functional groups attached to an aromatic ring is 1. The van der Waals surface area contributed by atoms with Gasteiger partial charge in [-0.15, -0.1) is 0 Å². The van der Waals surface area contributed by atoms with E-state index in [0.717, 1.165) is 12.1 Å². The summed E-state index contributed by atoms with van der Waals surface area (Å²) in [5.41, 5.74) is 5.09. The van der Waals surface area contributed by atoms with Gasteiger partial charge in [-0.3, -0.25) is 0 Å². The zero-order valence-electron chi connectivity index (χ0n) is 12.4. The predicted molar refractivity (Wildman–Crippen MR) is 78.3 cm³/mol. The Hall–Kier alpha value is -1.25. The molecule has 0 heterocycles. The first kappa shape index (κ1) is 17.8. The van der Waals surface area contributed by atoms with Crippen molar-refractivity contribution < 1.29 is 17.2 Å². The molecule has 0 saturated heterocycles. The maximum absolute atomic E-state index is 13.6. The first-order valence-electron chi connectivity index (χ1n) is 6.59. The van der Waals surface area contributed by atoms with Crippen LogP contribution < -0.4 is 10.5 Å². The van der Waals surface area contributed by atoms with Crippen molar-refractivity contribution >= 4 is 15.7 Å². The van der Waals surface area contributed by atoms with Gasteiger partial charge in [-0.05, 0) is 46.0 Å². The van der Waals surface area contributed by atoms with Gasteiger partial charge in [-0.2, -0.15) is 0 Å². The lowest BCUT2D eigenvalue weighted by molar-refractivity contribution is 0.271. The fourth-order valence-corrected chi connectivity index (χ4v) is 2.89. The van der Waals surface area contributed by atoms with Crippen molar-refractivity contribution in [2.75, 3.05) is 25.9 Å². The molecule has 0 aromatic heterocycles. The Morgan fingerprint density at radius 2 is 1.81 bits per heavy atom. The summed E-state index contributed by atoms with van der Waals surface area (Å²) in [6.45, 7) is 4.81. The lowest BCUT2D eigenvalue weighted by Gasteiger charge is -2.20. The van der Waals surface area contributed by atoms with Gasteiger partial charge in [-0.1, -0.05) is 0 Å². The minimum atomic E-state index is -4.23. The molecule has 0 bridgehead atoms. The van der Waals surface area contributed by atoms with E-state index in [1.165, 1.54) is 0 Å². The maximum Gasteiger partial charge on any atom is 0.246 e. The Balaban J connectivity index is 2.71. The van der Waals surface area contributed by atoms with Crippen LogP contribution in [-0.2, 0) is 10.0 Å². The van der Waals surface area contributed by atoms with E-state index in [2.05, 4.69) is 4.72 Å². The summed E-state index contributed by atoms with van der Waals surface area (Å²) in [4.78, 5) is 1.05. The summed E-state index contributed by atoms with van der Waals surface area (Å²) in [7, 11) is -2.32. The molecule has 5 nitrogen and oxygen atoms in total. The van der Waals surface area contributed by atoms with Crippen LogP contribution in [0.2, 0.25) is 0 Å². The summed E-state index contributed by atoms with van der Waals surface area (Å²) in [5, 5.41) is 0. The highest BCUT2D eigenvalue weighted by Crippen LogP contribution is 2.21. The van der Waals surface area contributed by atoms with E-state index in [1.807, 2.05) is 25.8 Å². The lowest BCUT2D eigenvalue weighted by Crippen LogP contribution is -2.32. The number of hydrogen-bond acceptors (Lipinski definition) is 4. The molecule has 0 atom stereocenters. The normalized spacial score (nSPS) is 12.3. The molecule has 21 heavy (non-hydrogen) atoms. The van der Waals surface area contributed by atoms with Crippen LogP contribution in [0, 0.1) is 11.6 Å². The topological polar surface area (TPSA) is 75.4 Å². The van der Waals surface area contributed by atoms with Gasteiger partial charge >= 0.3 is 0 Å². The fraction of sp³-hybridized carbons (Fsp3) is 0.538. The largest absolute Gasteiger partial charge is 0.399 e. The Morgan fingerprint density at radius 3 is 2.29 bits per heavy atom. The quantitative estimate of drug-likeness (QED) is 0.590. The second-order valence-electron chi connectivity index (χ2n) is 5.14. The third-order valence-corrected chi connectivity index (χ3v) is 4.66. The second-order valence-corrected chi connectivity index (χ2v) is 6.84. The van der Waals surface area contributed by atoms with Gasteiger partial charge in [0.25, 0.3) is 0 Å². The molecule has 120 valence electrons. The molecule has 1 aromatic carbocycles. The first-order chi connectivity index (χ1) is 9.65. The van der Waals surface area contributed by atoms with E-state index < -0.39 is 26.6 Å². The Bertz CT molecular complexity index is 568. The van der Waals surface area contributed by atoms with Crippen molar-refractivity contribution in [1.29, 1.82) is 0 Å². The number of halogens is 2. The van der Waals surface area contributed by atoms with Gasteiger partial charge in [0.1, 0.15) is 11.6 Å². The molecular weight excluding hydrogens is 300 g/mol. The van der Waals surface area contributed by atoms with Crippen LogP contribution in [0.15, 0.2) is 17.0 Å². The van der Waals surface area contributed by atoms with Crippen LogP contribution in [0.4, 0.5) is 14.5 Å². The fourth-order valence-electron chi connectivity index (χ4n) is 1.70. The van der Waals surface area contributed by atoms with Gasteiger partial charge in [0, 0.05) is 18.3 Å². The zero-order chi connectivity index (χ0) is 16.2. The van der Waals surface area contributed by atoms with E-state index in [0.29, 0.717) is 19.0 Å². The van der Waals surface area contributed by atoms with Crippen LogP contribution in [0.25, 0.3) is 0 Å². The molecule has 0 aliphatic carbocycles. The van der Waals surface area contributed by atoms with Crippen molar-refractivity contribution in [3.8, 4) is 0 Å². The number of nitrogens with one attached hydrogen (secondary N) is 1. The Kier molecular flexibility index (Phi) is 6.06. The smallest absolute Gasteiger partial charge is 0.246 e. The third-order valence-electron chi connectivity index (χ3n) is 3.15. The van der Waals surface area contributed by atoms with Crippen LogP contribution >= 0.6 is 0 Å². The standard InChI is InChI=1S/C13H21F2N3O2S/c1-9(2)18(3)6-4-5-17-21(19,20)13-11(14)7-10(16)8-12(13)15/h7-9,17H,4-6,16H2,1-3H3. The third kappa shape index (κ3) is 4.90. The van der Waals surface area contributed by atoms with Gasteiger partial charge in [-0.25, -0.2) is 21.9 Å². The van der Waals surface area contributed by atoms with Crippen LogP contribution in [0.5, 0.6) is 0 Å². The van der Waals surface area contributed by atoms with E-state index in [9.17, 15) is 17.2 Å². The number of rotatable bonds is 7. The Morgan fingerprint density at radius 1 is 1.29 bits per heavy atom. The molecule has 8 heteroatoms. The van der Waals surface area contributed by atoms with E-state index in [1.54, 1.807) is 0 Å². The lowest BCUT2D eigenvalue weighted by atomic mass is 10.3. The Labute approximate surface area is 124 Å². The number of nitrogens with two attached hydrogens (primary N) is 1. The summed E-state index contributed by atoms with van der Waals surface area (Å²) in [6, 6.07) is 1.91. The van der Waals surface area contributed by atoms with Crippen LogP contribution in [0.1, 0.15) is 20.3 Å². The summed E-state index contributed by atoms with van der Waals surface area (Å²) >= 11 is 0. The van der Waals surface area contributed by atoms with Gasteiger partial charge < -0.3 is 10.6 Å². The van der Waals surface area contributed by atoms with Crippen LogP contribution in [0.3, 0.4) is 0 Å². The van der Waals surface area contributed by atoms with Crippen molar-refractivity contribution in [3.05, 3.63) is 23.8 Å². The molecule has 0 amide bonds. The average molecular weight is 321 g/mol. The predicted octanol–water partition coefficient (Wildman–Crippen LogP) is 1.56. The first-order valence-corrected chi connectivity index (χ1v) is 8.08. The monoisotopic (exact) mass is 321 g/mol. The number of nitrogens with zero attached hydrogens (tertiary/aromatic N) is 1. The number of sulfonamides is 1. The van der Waals surface area contributed by atoms with E-state index in [4.69, 9.17) is 5.73 Å². The second kappa shape index (κ2) is 7.15. The van der Waals surface area contributed by atoms with Crippen molar-refractivity contribution in [2.45, 2.75) is 31.2 Å². The molecule has 1 aromatic rings. The minimum Gasteiger partial charge on any atom is -0.399 e.